The SMILES string of the molecule is COc1ccc(Br)cc1[C@@H](OC[C@@H]1CO1)C(F)(F)F. The maximum atomic E-state index is 13.1. The zero-order valence-electron chi connectivity index (χ0n) is 10.0. The normalized spacial score (nSPS) is 20.2. The number of methoxy groups -OCH3 is 1. The summed E-state index contributed by atoms with van der Waals surface area (Å²) < 4.78 is 54.6. The van der Waals surface area contributed by atoms with Crippen molar-refractivity contribution in [1.82, 2.24) is 0 Å². The second kappa shape index (κ2) is 5.68. The molecule has 106 valence electrons. The second-order valence-electron chi connectivity index (χ2n) is 4.10. The van der Waals surface area contributed by atoms with Crippen molar-refractivity contribution in [2.45, 2.75) is 18.4 Å². The lowest BCUT2D eigenvalue weighted by molar-refractivity contribution is -0.225. The molecule has 1 aromatic carbocycles. The summed E-state index contributed by atoms with van der Waals surface area (Å²) in [6.07, 6.45) is -6.77. The minimum absolute atomic E-state index is 0.0509. The fourth-order valence-corrected chi connectivity index (χ4v) is 2.02. The molecule has 19 heavy (non-hydrogen) atoms. The van der Waals surface area contributed by atoms with Crippen LogP contribution in [0.3, 0.4) is 0 Å². The highest BCUT2D eigenvalue weighted by Crippen LogP contribution is 2.41. The van der Waals surface area contributed by atoms with E-state index in [1.165, 1.54) is 19.2 Å². The predicted molar refractivity (Wildman–Crippen MR) is 65.2 cm³/mol. The Hall–Kier alpha value is -0.790. The highest BCUT2D eigenvalue weighted by Gasteiger charge is 2.44. The average molecular weight is 341 g/mol. The van der Waals surface area contributed by atoms with Gasteiger partial charge in [0.1, 0.15) is 11.9 Å². The lowest BCUT2D eigenvalue weighted by Crippen LogP contribution is -2.25. The molecule has 0 aliphatic carbocycles. The van der Waals surface area contributed by atoms with Gasteiger partial charge in [-0.1, -0.05) is 15.9 Å². The van der Waals surface area contributed by atoms with Gasteiger partial charge in [0.15, 0.2) is 6.10 Å². The van der Waals surface area contributed by atoms with Crippen molar-refractivity contribution in [2.24, 2.45) is 0 Å². The van der Waals surface area contributed by atoms with Gasteiger partial charge in [-0.15, -0.1) is 0 Å². The number of hydrogen-bond acceptors (Lipinski definition) is 3. The van der Waals surface area contributed by atoms with E-state index < -0.39 is 12.3 Å². The first-order valence-electron chi connectivity index (χ1n) is 5.55. The van der Waals surface area contributed by atoms with Crippen molar-refractivity contribution in [1.29, 1.82) is 0 Å². The van der Waals surface area contributed by atoms with Crippen LogP contribution in [0, 0.1) is 0 Å². The van der Waals surface area contributed by atoms with E-state index in [0.717, 1.165) is 0 Å². The molecule has 0 spiro atoms. The minimum Gasteiger partial charge on any atom is -0.496 e. The van der Waals surface area contributed by atoms with Gasteiger partial charge in [-0.05, 0) is 18.2 Å². The van der Waals surface area contributed by atoms with Crippen molar-refractivity contribution in [3.05, 3.63) is 28.2 Å². The molecule has 0 radical (unpaired) electrons. The van der Waals surface area contributed by atoms with Gasteiger partial charge in [0, 0.05) is 10.0 Å². The van der Waals surface area contributed by atoms with E-state index in [1.807, 2.05) is 0 Å². The highest BCUT2D eigenvalue weighted by molar-refractivity contribution is 9.10. The van der Waals surface area contributed by atoms with Gasteiger partial charge >= 0.3 is 6.18 Å². The average Bonchev–Trinajstić information content (AvgIpc) is 3.12. The summed E-state index contributed by atoms with van der Waals surface area (Å²) in [6, 6.07) is 4.43. The van der Waals surface area contributed by atoms with E-state index in [1.54, 1.807) is 6.07 Å². The maximum Gasteiger partial charge on any atom is 0.418 e. The fraction of sp³-hybridized carbons (Fsp3) is 0.500. The van der Waals surface area contributed by atoms with E-state index in [2.05, 4.69) is 15.9 Å². The Morgan fingerprint density at radius 1 is 1.47 bits per heavy atom. The smallest absolute Gasteiger partial charge is 0.418 e. The third-order valence-electron chi connectivity index (χ3n) is 2.62. The van der Waals surface area contributed by atoms with E-state index >= 15 is 0 Å². The van der Waals surface area contributed by atoms with Gasteiger partial charge in [0.2, 0.25) is 0 Å². The number of hydrogen-bond donors (Lipinski definition) is 0. The molecule has 0 saturated carbocycles. The monoisotopic (exact) mass is 340 g/mol. The first-order valence-corrected chi connectivity index (χ1v) is 6.34. The highest BCUT2D eigenvalue weighted by atomic mass is 79.9. The summed E-state index contributed by atoms with van der Waals surface area (Å²) in [6.45, 7) is 0.361. The molecule has 1 aliphatic rings. The van der Waals surface area contributed by atoms with Crippen molar-refractivity contribution >= 4 is 15.9 Å². The summed E-state index contributed by atoms with van der Waals surface area (Å²) in [7, 11) is 1.32. The summed E-state index contributed by atoms with van der Waals surface area (Å²) >= 11 is 3.15. The van der Waals surface area contributed by atoms with Gasteiger partial charge in [0.05, 0.1) is 20.3 Å². The molecule has 7 heteroatoms. The molecule has 0 N–H and O–H groups in total. The molecule has 1 aromatic rings. The van der Waals surface area contributed by atoms with Crippen LogP contribution in [-0.4, -0.2) is 32.6 Å². The van der Waals surface area contributed by atoms with E-state index in [4.69, 9.17) is 14.2 Å². The largest absolute Gasteiger partial charge is 0.496 e. The van der Waals surface area contributed by atoms with Gasteiger partial charge in [-0.2, -0.15) is 13.2 Å². The predicted octanol–water partition coefficient (Wildman–Crippen LogP) is 3.48. The van der Waals surface area contributed by atoms with Gasteiger partial charge in [-0.25, -0.2) is 0 Å². The number of halogens is 4. The van der Waals surface area contributed by atoms with E-state index in [-0.39, 0.29) is 24.0 Å². The number of alkyl halides is 3. The fourth-order valence-electron chi connectivity index (χ4n) is 1.64. The van der Waals surface area contributed by atoms with Crippen LogP contribution in [0.25, 0.3) is 0 Å². The summed E-state index contributed by atoms with van der Waals surface area (Å²) in [5.41, 5.74) is -0.0509. The van der Waals surface area contributed by atoms with E-state index in [9.17, 15) is 13.2 Å². The van der Waals surface area contributed by atoms with Gasteiger partial charge in [-0.3, -0.25) is 0 Å². The Kier molecular flexibility index (Phi) is 4.37. The molecule has 1 saturated heterocycles. The first kappa shape index (κ1) is 14.6. The molecule has 0 aromatic heterocycles. The molecule has 1 aliphatic heterocycles. The lowest BCUT2D eigenvalue weighted by Gasteiger charge is -2.23. The van der Waals surface area contributed by atoms with Crippen LogP contribution in [0.1, 0.15) is 11.7 Å². The molecule has 0 bridgehead atoms. The standard InChI is InChI=1S/C12H12BrF3O3/c1-17-10-3-2-7(13)4-9(10)11(12(14,15)16)19-6-8-5-18-8/h2-4,8,11H,5-6H2,1H3/t8-,11+/m0/s1. The molecule has 2 rings (SSSR count). The zero-order valence-corrected chi connectivity index (χ0v) is 11.6. The van der Waals surface area contributed by atoms with Crippen LogP contribution in [-0.2, 0) is 9.47 Å². The van der Waals surface area contributed by atoms with Gasteiger partial charge < -0.3 is 14.2 Å². The molecular formula is C12H12BrF3O3. The van der Waals surface area contributed by atoms with Crippen molar-refractivity contribution in [3.63, 3.8) is 0 Å². The van der Waals surface area contributed by atoms with Crippen LogP contribution in [0.15, 0.2) is 22.7 Å². The van der Waals surface area contributed by atoms with Crippen LogP contribution in [0.5, 0.6) is 5.75 Å². The minimum atomic E-state index is -4.51. The molecule has 1 heterocycles. The number of rotatable bonds is 5. The molecule has 3 nitrogen and oxygen atoms in total. The van der Waals surface area contributed by atoms with Crippen LogP contribution >= 0.6 is 15.9 Å². The summed E-state index contributed by atoms with van der Waals surface area (Å²) in [5.74, 6) is 0.141. The summed E-state index contributed by atoms with van der Waals surface area (Å²) in [4.78, 5) is 0. The second-order valence-corrected chi connectivity index (χ2v) is 5.01. The van der Waals surface area contributed by atoms with Gasteiger partial charge in [0.25, 0.3) is 0 Å². The lowest BCUT2D eigenvalue weighted by atomic mass is 10.1. The summed E-state index contributed by atoms with van der Waals surface area (Å²) in [5, 5.41) is 0. The maximum absolute atomic E-state index is 13.1. The van der Waals surface area contributed by atoms with Crippen molar-refractivity contribution < 1.29 is 27.4 Å². The number of epoxide rings is 1. The quantitative estimate of drug-likeness (QED) is 0.769. The zero-order chi connectivity index (χ0) is 14.0. The Balaban J connectivity index is 2.27. The first-order chi connectivity index (χ1) is 8.91. The molecule has 0 unspecified atom stereocenters. The number of benzene rings is 1. The molecular weight excluding hydrogens is 329 g/mol. The van der Waals surface area contributed by atoms with Crippen LogP contribution in [0.2, 0.25) is 0 Å². The Morgan fingerprint density at radius 3 is 2.68 bits per heavy atom. The van der Waals surface area contributed by atoms with E-state index in [0.29, 0.717) is 11.1 Å². The Labute approximate surface area is 116 Å². The molecule has 0 amide bonds. The van der Waals surface area contributed by atoms with Crippen molar-refractivity contribution in [2.75, 3.05) is 20.3 Å². The van der Waals surface area contributed by atoms with Crippen LogP contribution in [0.4, 0.5) is 13.2 Å². The van der Waals surface area contributed by atoms with Crippen molar-refractivity contribution in [3.8, 4) is 5.75 Å². The third kappa shape index (κ3) is 3.84. The third-order valence-corrected chi connectivity index (χ3v) is 3.12. The molecule has 2 atom stereocenters. The number of ether oxygens (including phenoxy) is 3. The Morgan fingerprint density at radius 2 is 2.16 bits per heavy atom. The van der Waals surface area contributed by atoms with Crippen LogP contribution < -0.4 is 4.74 Å². The molecule has 1 fully saturated rings. The topological polar surface area (TPSA) is 31.0 Å². The Bertz CT molecular complexity index is 446.